The Bertz CT molecular complexity index is 1190. The molecular formula is C21H14N4. The predicted octanol–water partition coefficient (Wildman–Crippen LogP) is 4.64. The summed E-state index contributed by atoms with van der Waals surface area (Å²) in [6.45, 7) is 0. The first-order valence-electron chi connectivity index (χ1n) is 8.15. The van der Waals surface area contributed by atoms with Crippen LogP contribution >= 0.6 is 0 Å². The number of fused-ring (bicyclic) bond motifs is 2. The van der Waals surface area contributed by atoms with Crippen LogP contribution in [0.25, 0.3) is 39.3 Å². The van der Waals surface area contributed by atoms with E-state index in [1.165, 1.54) is 0 Å². The molecule has 0 aliphatic carbocycles. The Morgan fingerprint density at radius 2 is 1.28 bits per heavy atom. The van der Waals surface area contributed by atoms with Crippen molar-refractivity contribution < 1.29 is 0 Å². The van der Waals surface area contributed by atoms with Gasteiger partial charge in [-0.2, -0.15) is 0 Å². The summed E-state index contributed by atoms with van der Waals surface area (Å²) in [4.78, 5) is 14.2. The van der Waals surface area contributed by atoms with Gasteiger partial charge in [-0.25, -0.2) is 9.97 Å². The third kappa shape index (κ3) is 2.27. The van der Waals surface area contributed by atoms with E-state index in [9.17, 15) is 0 Å². The first-order valence-corrected chi connectivity index (χ1v) is 8.15. The van der Waals surface area contributed by atoms with Crippen molar-refractivity contribution in [2.75, 3.05) is 0 Å². The monoisotopic (exact) mass is 322 g/mol. The number of hydrogen-bond acceptors (Lipinski definition) is 3. The zero-order valence-corrected chi connectivity index (χ0v) is 13.4. The lowest BCUT2D eigenvalue weighted by molar-refractivity contribution is 1.08. The highest BCUT2D eigenvalue weighted by Crippen LogP contribution is 2.27. The van der Waals surface area contributed by atoms with Gasteiger partial charge in [0.25, 0.3) is 0 Å². The van der Waals surface area contributed by atoms with Crippen LogP contribution in [-0.2, 0) is 0 Å². The fraction of sp³-hybridized carbons (Fsp3) is 0. The average molecular weight is 322 g/mol. The summed E-state index contributed by atoms with van der Waals surface area (Å²) in [6, 6.07) is 26.2. The van der Waals surface area contributed by atoms with Gasteiger partial charge in [0.05, 0.1) is 28.3 Å². The van der Waals surface area contributed by atoms with Gasteiger partial charge in [-0.3, -0.25) is 9.55 Å². The van der Waals surface area contributed by atoms with E-state index in [-0.39, 0.29) is 0 Å². The van der Waals surface area contributed by atoms with Crippen LogP contribution in [-0.4, -0.2) is 19.5 Å². The number of nitrogens with zero attached hydrogens (tertiary/aromatic N) is 4. The van der Waals surface area contributed by atoms with E-state index in [1.807, 2.05) is 60.7 Å². The van der Waals surface area contributed by atoms with E-state index < -0.39 is 0 Å². The Hall–Kier alpha value is -3.53. The maximum absolute atomic E-state index is 4.83. The van der Waals surface area contributed by atoms with Crippen LogP contribution in [0.1, 0.15) is 0 Å². The van der Waals surface area contributed by atoms with Gasteiger partial charge in [-0.05, 0) is 36.4 Å². The third-order valence-electron chi connectivity index (χ3n) is 4.25. The summed E-state index contributed by atoms with van der Waals surface area (Å²) in [5.41, 5.74) is 5.56. The Kier molecular flexibility index (Phi) is 3.07. The largest absolute Gasteiger partial charge is 0.291 e. The van der Waals surface area contributed by atoms with Crippen molar-refractivity contribution in [1.29, 1.82) is 0 Å². The van der Waals surface area contributed by atoms with Crippen molar-refractivity contribution in [3.63, 3.8) is 0 Å². The lowest BCUT2D eigenvalue weighted by Crippen LogP contribution is -1.99. The van der Waals surface area contributed by atoms with Crippen LogP contribution in [0.5, 0.6) is 0 Å². The minimum atomic E-state index is 0.763. The molecule has 0 saturated carbocycles. The lowest BCUT2D eigenvalue weighted by atomic mass is 10.2. The molecule has 0 aliphatic heterocycles. The summed E-state index contributed by atoms with van der Waals surface area (Å²) in [6.07, 6.45) is 1.79. The van der Waals surface area contributed by atoms with E-state index in [4.69, 9.17) is 9.97 Å². The fourth-order valence-corrected chi connectivity index (χ4v) is 3.10. The quantitative estimate of drug-likeness (QED) is 0.476. The minimum absolute atomic E-state index is 0.763. The summed E-state index contributed by atoms with van der Waals surface area (Å²) in [5.74, 6) is 0.797. The summed E-state index contributed by atoms with van der Waals surface area (Å²) in [5, 5.41) is 0. The first-order chi connectivity index (χ1) is 12.4. The zero-order valence-electron chi connectivity index (χ0n) is 13.4. The molecule has 2 aromatic heterocycles. The molecule has 0 bridgehead atoms. The van der Waals surface area contributed by atoms with Crippen molar-refractivity contribution in [1.82, 2.24) is 19.5 Å². The third-order valence-corrected chi connectivity index (χ3v) is 4.25. The van der Waals surface area contributed by atoms with Gasteiger partial charge in [-0.15, -0.1) is 0 Å². The number of benzene rings is 3. The van der Waals surface area contributed by atoms with Gasteiger partial charge >= 0.3 is 0 Å². The van der Waals surface area contributed by atoms with Gasteiger partial charge in [0.15, 0.2) is 5.82 Å². The first kappa shape index (κ1) is 13.9. The molecule has 4 nitrogen and oxygen atoms in total. The highest BCUT2D eigenvalue weighted by Gasteiger charge is 2.15. The van der Waals surface area contributed by atoms with Crippen molar-refractivity contribution in [3.05, 3.63) is 85.1 Å². The standard InChI is InChI=1S/C21H14N4/c1-2-8-15(9-3-1)25-20-13-7-6-12-18(20)24-21(25)19-14-22-16-10-4-5-11-17(16)23-19/h1-14H. The second-order valence-electron chi connectivity index (χ2n) is 5.84. The van der Waals surface area contributed by atoms with Crippen molar-refractivity contribution in [2.45, 2.75) is 0 Å². The molecule has 2 heterocycles. The molecule has 0 amide bonds. The molecule has 0 aliphatic rings. The van der Waals surface area contributed by atoms with Gasteiger partial charge in [-0.1, -0.05) is 42.5 Å². The van der Waals surface area contributed by atoms with E-state index >= 15 is 0 Å². The molecule has 118 valence electrons. The molecule has 5 rings (SSSR count). The summed E-state index contributed by atoms with van der Waals surface area (Å²) >= 11 is 0. The maximum atomic E-state index is 4.83. The molecule has 5 aromatic rings. The normalized spacial score (nSPS) is 11.2. The van der Waals surface area contributed by atoms with Crippen molar-refractivity contribution >= 4 is 22.1 Å². The summed E-state index contributed by atoms with van der Waals surface area (Å²) in [7, 11) is 0. The molecule has 0 saturated heterocycles. The van der Waals surface area contributed by atoms with Crippen molar-refractivity contribution in [3.8, 4) is 17.2 Å². The predicted molar refractivity (Wildman–Crippen MR) is 99.6 cm³/mol. The van der Waals surface area contributed by atoms with Gasteiger partial charge in [0.1, 0.15) is 5.69 Å². The molecule has 0 N–H and O–H groups in total. The summed E-state index contributed by atoms with van der Waals surface area (Å²) < 4.78 is 2.13. The average Bonchev–Trinajstić information content (AvgIpc) is 3.08. The molecule has 0 fully saturated rings. The number of aromatic nitrogens is 4. The van der Waals surface area contributed by atoms with Crippen LogP contribution in [0.15, 0.2) is 85.1 Å². The van der Waals surface area contributed by atoms with E-state index in [2.05, 4.69) is 27.8 Å². The Morgan fingerprint density at radius 3 is 2.12 bits per heavy atom. The Labute approximate surface area is 144 Å². The highest BCUT2D eigenvalue weighted by molar-refractivity contribution is 5.83. The number of hydrogen-bond donors (Lipinski definition) is 0. The lowest BCUT2D eigenvalue weighted by Gasteiger charge is -2.09. The molecule has 0 spiro atoms. The Balaban J connectivity index is 1.83. The van der Waals surface area contributed by atoms with Gasteiger partial charge in [0, 0.05) is 5.69 Å². The smallest absolute Gasteiger partial charge is 0.166 e. The number of rotatable bonds is 2. The molecule has 4 heteroatoms. The number of para-hydroxylation sites is 5. The molecule has 3 aromatic carbocycles. The highest BCUT2D eigenvalue weighted by atomic mass is 15.1. The fourth-order valence-electron chi connectivity index (χ4n) is 3.10. The molecule has 0 radical (unpaired) electrons. The van der Waals surface area contributed by atoms with Crippen LogP contribution in [0.4, 0.5) is 0 Å². The number of imidazole rings is 1. The topological polar surface area (TPSA) is 43.6 Å². The van der Waals surface area contributed by atoms with E-state index in [1.54, 1.807) is 6.20 Å². The minimum Gasteiger partial charge on any atom is -0.291 e. The van der Waals surface area contributed by atoms with Gasteiger partial charge < -0.3 is 0 Å². The second kappa shape index (κ2) is 5.53. The molecule has 0 atom stereocenters. The molecule has 25 heavy (non-hydrogen) atoms. The molecular weight excluding hydrogens is 308 g/mol. The van der Waals surface area contributed by atoms with E-state index in [0.29, 0.717) is 0 Å². The van der Waals surface area contributed by atoms with Crippen molar-refractivity contribution in [2.24, 2.45) is 0 Å². The molecule has 0 unspecified atom stereocenters. The second-order valence-corrected chi connectivity index (χ2v) is 5.84. The Morgan fingerprint density at radius 1 is 0.600 bits per heavy atom. The van der Waals surface area contributed by atoms with Crippen LogP contribution < -0.4 is 0 Å². The van der Waals surface area contributed by atoms with E-state index in [0.717, 1.165) is 39.3 Å². The van der Waals surface area contributed by atoms with Crippen LogP contribution in [0.3, 0.4) is 0 Å². The van der Waals surface area contributed by atoms with Crippen LogP contribution in [0.2, 0.25) is 0 Å². The zero-order chi connectivity index (χ0) is 16.6. The van der Waals surface area contributed by atoms with Crippen LogP contribution in [0, 0.1) is 0 Å². The van der Waals surface area contributed by atoms with Gasteiger partial charge in [0.2, 0.25) is 0 Å². The SMILES string of the molecule is c1ccc(-n2c(-c3cnc4ccccc4n3)nc3ccccc32)cc1. The maximum Gasteiger partial charge on any atom is 0.166 e.